The van der Waals surface area contributed by atoms with E-state index in [1.165, 1.54) is 143 Å². The van der Waals surface area contributed by atoms with Gasteiger partial charge in [0.15, 0.2) is 0 Å². The van der Waals surface area contributed by atoms with Crippen molar-refractivity contribution in [2.24, 2.45) is 0 Å². The first-order valence-corrected chi connectivity index (χ1v) is 51.6. The SMILES string of the molecule is CC1(C)c2ccccc2-c2ccc(-c3c4ccc(-c5ccc(-c6ccccn6)cn5)cc4c(-c4ccccc4)c4ccc(-c5ccnc(-c6ccc(-c7ccc8c(-c9ccccc9)c9ccccc9c(-c9ccc%10c(c9)C(c9ccccc9)(c9cccc(-c%11ccc(-c%12ccc(-c%13ccc%14c(-c%15cccc%16ccccc%15%16)c%15ccccc%15c(-c%15cccc%16ccccc%15%16)c%14c%13)nc%12)cn%11)c9)c9ccccc9-%10)c8c7)nc6)c5)cc34)cc21. The van der Waals surface area contributed by atoms with Crippen molar-refractivity contribution >= 4 is 86.2 Å². The number of nitrogens with zero attached hydrogens (tertiary/aromatic N) is 6. The standard InChI is InChI=1S/C144H92N6/c1-143(2)127-51-22-20-43-109(127)111-64-58-99(82-129(111)143)140-121-68-56-96(134-72-62-103(87-149-134)131-53-24-25-75-145-131)79-124(121)138(92-33-8-4-9-34-92)120-66-54-93(78-123(120)140)94-74-76-146-136(84-94)104-63-73-135(150-88-104)97-55-67-119-125(80-97)139(116-46-17-16-45-115(116)137(119)91-31-6-3-7-32-91)100-59-65-112-110-44-21-23-52-128(110)144(130(112)83-100,105-38-10-5-11-39-105)106-40-26-37-95(77-106)132-70-60-101(85-147-132)102-61-71-133(148-86-102)98-57-69-122-126(81-98)142(114-50-28-36-90-30-13-15-42-108(90)114)118-48-19-18-47-117(118)141(122)113-49-27-35-89-29-12-14-41-107(89)113/h3-88H,1-2H3. The fourth-order valence-corrected chi connectivity index (χ4v) is 25.1. The summed E-state index contributed by atoms with van der Waals surface area (Å²) in [4.78, 5) is 30.9. The molecule has 0 saturated carbocycles. The van der Waals surface area contributed by atoms with Crippen LogP contribution in [-0.2, 0) is 10.8 Å². The van der Waals surface area contributed by atoms with E-state index in [0.717, 1.165) is 155 Å². The lowest BCUT2D eigenvalue weighted by Crippen LogP contribution is -2.28. The highest BCUT2D eigenvalue weighted by Crippen LogP contribution is 2.60. The maximum atomic E-state index is 5.43. The molecule has 21 aromatic carbocycles. The Balaban J connectivity index is 0.516. The van der Waals surface area contributed by atoms with E-state index in [4.69, 9.17) is 24.9 Å². The molecule has 6 heteroatoms. The first-order chi connectivity index (χ1) is 74.1. The van der Waals surface area contributed by atoms with Crippen molar-refractivity contribution in [3.8, 4) is 179 Å². The number of pyridine rings is 6. The van der Waals surface area contributed by atoms with Gasteiger partial charge < -0.3 is 0 Å². The number of hydrogen-bond acceptors (Lipinski definition) is 6. The van der Waals surface area contributed by atoms with Crippen LogP contribution in [0.25, 0.3) is 265 Å². The summed E-state index contributed by atoms with van der Waals surface area (Å²) in [5.41, 5.74) is 41.0. The van der Waals surface area contributed by atoms with Gasteiger partial charge in [0.1, 0.15) is 0 Å². The molecular weight excluding hydrogens is 1810 g/mol. The van der Waals surface area contributed by atoms with Crippen LogP contribution in [0.1, 0.15) is 47.2 Å². The van der Waals surface area contributed by atoms with Gasteiger partial charge in [0, 0.05) is 87.1 Å². The molecule has 2 aliphatic rings. The number of benzene rings is 21. The van der Waals surface area contributed by atoms with Gasteiger partial charge in [-0.25, -0.2) is 0 Å². The summed E-state index contributed by atoms with van der Waals surface area (Å²) in [6.45, 7) is 4.75. The first kappa shape index (κ1) is 87.2. The van der Waals surface area contributed by atoms with Crippen LogP contribution >= 0.6 is 0 Å². The summed E-state index contributed by atoms with van der Waals surface area (Å²) in [5, 5.41) is 18.9. The van der Waals surface area contributed by atoms with Crippen molar-refractivity contribution in [3.63, 3.8) is 0 Å². The molecule has 0 spiro atoms. The monoisotopic (exact) mass is 1900 g/mol. The molecule has 0 fully saturated rings. The van der Waals surface area contributed by atoms with E-state index in [-0.39, 0.29) is 5.41 Å². The van der Waals surface area contributed by atoms with Gasteiger partial charge in [0.2, 0.25) is 0 Å². The Morgan fingerprint density at radius 2 is 0.473 bits per heavy atom. The lowest BCUT2D eigenvalue weighted by Gasteiger charge is -2.34. The zero-order valence-corrected chi connectivity index (χ0v) is 82.3. The Kier molecular flexibility index (Phi) is 20.5. The molecule has 6 nitrogen and oxygen atoms in total. The minimum atomic E-state index is -0.764. The molecule has 698 valence electrons. The van der Waals surface area contributed by atoms with E-state index in [1.807, 2.05) is 55.4 Å². The largest absolute Gasteiger partial charge is 0.256 e. The van der Waals surface area contributed by atoms with E-state index in [9.17, 15) is 0 Å². The van der Waals surface area contributed by atoms with Crippen molar-refractivity contribution in [2.45, 2.75) is 24.7 Å². The Hall–Kier alpha value is -19.4. The predicted octanol–water partition coefficient (Wildman–Crippen LogP) is 37.3. The van der Waals surface area contributed by atoms with Gasteiger partial charge in [-0.05, 0) is 323 Å². The second kappa shape index (κ2) is 35.2. The summed E-state index contributed by atoms with van der Waals surface area (Å²) in [6.07, 6.45) is 11.7. The van der Waals surface area contributed by atoms with E-state index >= 15 is 0 Å². The molecule has 0 amide bonds. The van der Waals surface area contributed by atoms with Crippen molar-refractivity contribution in [2.75, 3.05) is 0 Å². The molecule has 150 heavy (non-hydrogen) atoms. The third-order valence-corrected chi connectivity index (χ3v) is 32.0. The van der Waals surface area contributed by atoms with Crippen LogP contribution in [0.15, 0.2) is 522 Å². The topological polar surface area (TPSA) is 77.3 Å². The van der Waals surface area contributed by atoms with E-state index in [2.05, 4.69) is 486 Å². The Morgan fingerprint density at radius 1 is 0.147 bits per heavy atom. The van der Waals surface area contributed by atoms with Gasteiger partial charge in [0.05, 0.1) is 39.6 Å². The lowest BCUT2D eigenvalue weighted by atomic mass is 9.67. The van der Waals surface area contributed by atoms with E-state index in [1.54, 1.807) is 0 Å². The summed E-state index contributed by atoms with van der Waals surface area (Å²) >= 11 is 0. The number of hydrogen-bond donors (Lipinski definition) is 0. The highest BCUT2D eigenvalue weighted by molar-refractivity contribution is 6.28. The number of rotatable bonds is 16. The number of fused-ring (bicyclic) bond motifs is 14. The van der Waals surface area contributed by atoms with Crippen LogP contribution in [0.5, 0.6) is 0 Å². The van der Waals surface area contributed by atoms with Crippen LogP contribution in [0, 0.1) is 0 Å². The Morgan fingerprint density at radius 3 is 1.00 bits per heavy atom. The lowest BCUT2D eigenvalue weighted by molar-refractivity contribution is 0.660. The molecule has 27 aromatic rings. The molecular formula is C144H92N6. The summed E-state index contributed by atoms with van der Waals surface area (Å²) in [5.74, 6) is 0. The van der Waals surface area contributed by atoms with Gasteiger partial charge in [-0.1, -0.05) is 396 Å². The minimum Gasteiger partial charge on any atom is -0.256 e. The molecule has 1 atom stereocenters. The summed E-state index contributed by atoms with van der Waals surface area (Å²) < 4.78 is 0. The van der Waals surface area contributed by atoms with Crippen molar-refractivity contribution in [1.82, 2.24) is 29.9 Å². The van der Waals surface area contributed by atoms with Gasteiger partial charge in [-0.3, -0.25) is 29.9 Å². The van der Waals surface area contributed by atoms with Crippen LogP contribution in [0.2, 0.25) is 0 Å². The normalized spacial score (nSPS) is 13.3. The smallest absolute Gasteiger partial charge is 0.0723 e. The molecule has 6 aromatic heterocycles. The third kappa shape index (κ3) is 14.2. The summed E-state index contributed by atoms with van der Waals surface area (Å²) in [6, 6.07) is 179. The quantitative estimate of drug-likeness (QED) is 0.0897. The zero-order valence-electron chi connectivity index (χ0n) is 82.3. The molecule has 0 aliphatic heterocycles. The van der Waals surface area contributed by atoms with Gasteiger partial charge >= 0.3 is 0 Å². The molecule has 0 saturated heterocycles. The summed E-state index contributed by atoms with van der Waals surface area (Å²) in [7, 11) is 0. The van der Waals surface area contributed by atoms with Gasteiger partial charge in [-0.15, -0.1) is 0 Å². The molecule has 2 aliphatic carbocycles. The van der Waals surface area contributed by atoms with Crippen LogP contribution in [0.4, 0.5) is 0 Å². The van der Waals surface area contributed by atoms with E-state index < -0.39 is 5.41 Å². The second-order valence-electron chi connectivity index (χ2n) is 40.5. The maximum Gasteiger partial charge on any atom is 0.0723 e. The minimum absolute atomic E-state index is 0.214. The van der Waals surface area contributed by atoms with Crippen molar-refractivity contribution in [3.05, 3.63) is 556 Å². The molecule has 0 bridgehead atoms. The molecule has 0 N–H and O–H groups in total. The second-order valence-corrected chi connectivity index (χ2v) is 40.5. The fraction of sp³-hybridized carbons (Fsp3) is 0.0278. The van der Waals surface area contributed by atoms with E-state index in [0.29, 0.717) is 0 Å². The maximum absolute atomic E-state index is 5.43. The first-order valence-electron chi connectivity index (χ1n) is 51.6. The Labute approximate surface area is 869 Å². The van der Waals surface area contributed by atoms with Crippen LogP contribution in [0.3, 0.4) is 0 Å². The molecule has 1 unspecified atom stereocenters. The zero-order chi connectivity index (χ0) is 99.2. The molecule has 6 heterocycles. The van der Waals surface area contributed by atoms with Crippen LogP contribution < -0.4 is 0 Å². The van der Waals surface area contributed by atoms with Crippen molar-refractivity contribution < 1.29 is 0 Å². The highest BCUT2D eigenvalue weighted by atomic mass is 14.7. The number of aromatic nitrogens is 6. The molecule has 0 radical (unpaired) electrons. The fourth-order valence-electron chi connectivity index (χ4n) is 25.1. The average Bonchev–Trinajstić information content (AvgIpc) is 1.53. The highest BCUT2D eigenvalue weighted by Gasteiger charge is 2.47. The van der Waals surface area contributed by atoms with Crippen molar-refractivity contribution in [1.29, 1.82) is 0 Å². The van der Waals surface area contributed by atoms with Crippen LogP contribution in [-0.4, -0.2) is 29.9 Å². The third-order valence-electron chi connectivity index (χ3n) is 32.0. The predicted molar refractivity (Wildman–Crippen MR) is 624 cm³/mol. The van der Waals surface area contributed by atoms with Gasteiger partial charge in [0.25, 0.3) is 0 Å². The average molecular weight is 1910 g/mol. The molecule has 29 rings (SSSR count). The van der Waals surface area contributed by atoms with Gasteiger partial charge in [-0.2, -0.15) is 0 Å². The Bertz CT molecular complexity index is 10200.